The fourth-order valence-electron chi connectivity index (χ4n) is 4.21. The van der Waals surface area contributed by atoms with Crippen LogP contribution in [0.1, 0.15) is 29.7 Å². The van der Waals surface area contributed by atoms with E-state index >= 15 is 0 Å². The van der Waals surface area contributed by atoms with Crippen molar-refractivity contribution in [2.24, 2.45) is 5.73 Å². The summed E-state index contributed by atoms with van der Waals surface area (Å²) >= 11 is 0. The monoisotopic (exact) mass is 594 g/mol. The Labute approximate surface area is 246 Å². The van der Waals surface area contributed by atoms with Gasteiger partial charge in [-0.25, -0.2) is 9.78 Å². The van der Waals surface area contributed by atoms with E-state index in [0.717, 1.165) is 5.56 Å². The minimum absolute atomic E-state index is 0.0195. The maximum Gasteiger partial charge on any atom is 0.326 e. The number of carboxylic acids is 2. The van der Waals surface area contributed by atoms with Crippen LogP contribution in [0.25, 0.3) is 0 Å². The molecule has 3 amide bonds. The zero-order valence-corrected chi connectivity index (χ0v) is 23.1. The molecule has 0 fully saturated rings. The smallest absolute Gasteiger partial charge is 0.326 e. The van der Waals surface area contributed by atoms with Crippen LogP contribution in [0.4, 0.5) is 0 Å². The average molecular weight is 595 g/mol. The van der Waals surface area contributed by atoms with Gasteiger partial charge in [-0.15, -0.1) is 0 Å². The third kappa shape index (κ3) is 10.6. The molecule has 228 valence electrons. The Hall–Kier alpha value is -5.24. The van der Waals surface area contributed by atoms with Gasteiger partial charge >= 0.3 is 11.9 Å². The van der Waals surface area contributed by atoms with Gasteiger partial charge in [0.1, 0.15) is 23.9 Å². The summed E-state index contributed by atoms with van der Waals surface area (Å²) in [6.45, 7) is 0. The van der Waals surface area contributed by atoms with Crippen molar-refractivity contribution in [1.29, 1.82) is 0 Å². The van der Waals surface area contributed by atoms with Gasteiger partial charge in [-0.2, -0.15) is 0 Å². The Morgan fingerprint density at radius 1 is 0.767 bits per heavy atom. The first-order valence-electron chi connectivity index (χ1n) is 13.4. The number of nitrogens with two attached hydrogens (primary N) is 1. The number of hydrogen-bond acceptors (Lipinski definition) is 8. The number of benzene rings is 2. The van der Waals surface area contributed by atoms with Crippen molar-refractivity contribution in [1.82, 2.24) is 25.9 Å². The highest BCUT2D eigenvalue weighted by Gasteiger charge is 2.31. The Balaban J connectivity index is 1.75. The van der Waals surface area contributed by atoms with Gasteiger partial charge in [0.25, 0.3) is 0 Å². The van der Waals surface area contributed by atoms with Crippen molar-refractivity contribution >= 4 is 29.7 Å². The number of aromatic amines is 1. The SMILES string of the molecule is NC(Cc1ccccc1)C(=O)NC(Cc1cnc[nH]1)C(=O)NC(CCC(=O)O)C(=O)NC(Cc1ccc(O)cc1)C(=O)O. The molecule has 0 aliphatic carbocycles. The lowest BCUT2D eigenvalue weighted by molar-refractivity contribution is -0.143. The molecular weight excluding hydrogens is 560 g/mol. The lowest BCUT2D eigenvalue weighted by Gasteiger charge is -2.25. The van der Waals surface area contributed by atoms with E-state index in [1.165, 1.54) is 36.8 Å². The van der Waals surface area contributed by atoms with E-state index in [0.29, 0.717) is 11.3 Å². The quantitative estimate of drug-likeness (QED) is 0.109. The summed E-state index contributed by atoms with van der Waals surface area (Å²) in [5, 5.41) is 35.8. The van der Waals surface area contributed by atoms with E-state index in [-0.39, 0.29) is 31.4 Å². The number of H-pyrrole nitrogens is 1. The molecule has 0 aliphatic rings. The van der Waals surface area contributed by atoms with Crippen LogP contribution in [-0.2, 0) is 43.2 Å². The number of hydrogen-bond donors (Lipinski definition) is 8. The van der Waals surface area contributed by atoms with Crippen LogP contribution in [0.2, 0.25) is 0 Å². The van der Waals surface area contributed by atoms with Crippen molar-refractivity contribution in [3.8, 4) is 5.75 Å². The van der Waals surface area contributed by atoms with Crippen molar-refractivity contribution in [2.75, 3.05) is 0 Å². The highest BCUT2D eigenvalue weighted by molar-refractivity contribution is 5.94. The zero-order valence-electron chi connectivity index (χ0n) is 23.1. The first kappa shape index (κ1) is 32.3. The molecule has 1 aromatic heterocycles. The molecule has 0 radical (unpaired) electrons. The van der Waals surface area contributed by atoms with E-state index in [1.54, 1.807) is 24.3 Å². The first-order chi connectivity index (χ1) is 20.5. The maximum atomic E-state index is 13.4. The van der Waals surface area contributed by atoms with E-state index in [9.17, 15) is 39.3 Å². The van der Waals surface area contributed by atoms with Crippen LogP contribution in [0.15, 0.2) is 67.1 Å². The standard InChI is InChI=1S/C29H34N6O8/c30-21(12-17-4-2-1-3-5-17)26(39)34-23(14-19-15-31-16-32-19)28(41)33-22(10-11-25(37)38)27(40)35-24(29(42)43)13-18-6-8-20(36)9-7-18/h1-9,15-16,21-24,36H,10-14,30H2,(H,31,32)(H,33,41)(H,34,39)(H,35,40)(H,37,38)(H,42,43). The van der Waals surface area contributed by atoms with Gasteiger partial charge in [0.05, 0.1) is 12.4 Å². The van der Waals surface area contributed by atoms with Gasteiger partial charge in [0, 0.05) is 31.2 Å². The lowest BCUT2D eigenvalue weighted by Crippen LogP contribution is -2.58. The summed E-state index contributed by atoms with van der Waals surface area (Å²) in [7, 11) is 0. The Bertz CT molecular complexity index is 1380. The highest BCUT2D eigenvalue weighted by Crippen LogP contribution is 2.12. The third-order valence-electron chi connectivity index (χ3n) is 6.52. The molecule has 0 bridgehead atoms. The largest absolute Gasteiger partial charge is 0.508 e. The predicted molar refractivity (Wildman–Crippen MR) is 153 cm³/mol. The van der Waals surface area contributed by atoms with Crippen LogP contribution in [0, 0.1) is 0 Å². The first-order valence-corrected chi connectivity index (χ1v) is 13.4. The number of nitrogens with zero attached hydrogens (tertiary/aromatic N) is 1. The fraction of sp³-hybridized carbons (Fsp3) is 0.310. The maximum absolute atomic E-state index is 13.4. The van der Waals surface area contributed by atoms with Gasteiger partial charge < -0.3 is 42.0 Å². The second kappa shape index (κ2) is 15.7. The minimum Gasteiger partial charge on any atom is -0.508 e. The number of carbonyl (C=O) groups is 5. The number of phenolic OH excluding ortho intramolecular Hbond substituents is 1. The number of phenols is 1. The number of nitrogens with one attached hydrogen (secondary N) is 4. The predicted octanol–water partition coefficient (Wildman–Crippen LogP) is -0.126. The molecule has 14 nitrogen and oxygen atoms in total. The molecule has 0 saturated heterocycles. The summed E-state index contributed by atoms with van der Waals surface area (Å²) in [5.41, 5.74) is 7.90. The number of aliphatic carboxylic acids is 2. The number of carbonyl (C=O) groups excluding carboxylic acids is 3. The molecule has 0 saturated carbocycles. The van der Waals surface area contributed by atoms with Gasteiger partial charge in [-0.3, -0.25) is 19.2 Å². The average Bonchev–Trinajstić information content (AvgIpc) is 3.49. The lowest BCUT2D eigenvalue weighted by atomic mass is 10.0. The highest BCUT2D eigenvalue weighted by atomic mass is 16.4. The van der Waals surface area contributed by atoms with Gasteiger partial charge in [0.15, 0.2) is 0 Å². The Kier molecular flexibility index (Phi) is 11.8. The van der Waals surface area contributed by atoms with Crippen molar-refractivity contribution in [3.05, 3.63) is 83.9 Å². The van der Waals surface area contributed by atoms with Crippen LogP contribution in [-0.4, -0.2) is 79.1 Å². The fourth-order valence-corrected chi connectivity index (χ4v) is 4.21. The van der Waals surface area contributed by atoms with Gasteiger partial charge in [-0.1, -0.05) is 42.5 Å². The van der Waals surface area contributed by atoms with E-state index in [4.69, 9.17) is 5.73 Å². The molecule has 0 spiro atoms. The summed E-state index contributed by atoms with van der Waals surface area (Å²) in [6, 6.07) is 9.66. The number of amides is 3. The number of carboxylic acid groups (broad SMARTS) is 2. The van der Waals surface area contributed by atoms with Crippen molar-refractivity contribution in [2.45, 2.75) is 56.3 Å². The molecule has 4 unspecified atom stereocenters. The summed E-state index contributed by atoms with van der Waals surface area (Å²) in [5.74, 6) is -4.98. The Morgan fingerprint density at radius 2 is 1.37 bits per heavy atom. The van der Waals surface area contributed by atoms with Gasteiger partial charge in [-0.05, 0) is 36.1 Å². The number of rotatable bonds is 16. The molecule has 0 aliphatic heterocycles. The number of aromatic nitrogens is 2. The van der Waals surface area contributed by atoms with Crippen molar-refractivity contribution < 1.29 is 39.3 Å². The second-order valence-corrected chi connectivity index (χ2v) is 9.90. The van der Waals surface area contributed by atoms with Crippen LogP contribution in [0.5, 0.6) is 5.75 Å². The molecular formula is C29H34N6O8. The molecule has 3 aromatic rings. The van der Waals surface area contributed by atoms with E-state index in [1.807, 2.05) is 6.07 Å². The molecule has 3 rings (SSSR count). The van der Waals surface area contributed by atoms with E-state index in [2.05, 4.69) is 25.9 Å². The van der Waals surface area contributed by atoms with E-state index < -0.39 is 60.2 Å². The molecule has 2 aromatic carbocycles. The molecule has 4 atom stereocenters. The topological polar surface area (TPSA) is 237 Å². The number of imidazole rings is 1. The Morgan fingerprint density at radius 3 is 1.98 bits per heavy atom. The molecule has 9 N–H and O–H groups in total. The summed E-state index contributed by atoms with van der Waals surface area (Å²) in [6.07, 6.45) is 1.99. The minimum atomic E-state index is -1.44. The molecule has 43 heavy (non-hydrogen) atoms. The third-order valence-corrected chi connectivity index (χ3v) is 6.52. The zero-order chi connectivity index (χ0) is 31.4. The molecule has 1 heterocycles. The van der Waals surface area contributed by atoms with Crippen LogP contribution in [0.3, 0.4) is 0 Å². The summed E-state index contributed by atoms with van der Waals surface area (Å²) in [4.78, 5) is 69.5. The van der Waals surface area contributed by atoms with Gasteiger partial charge in [0.2, 0.25) is 17.7 Å². The second-order valence-electron chi connectivity index (χ2n) is 9.90. The molecule has 14 heteroatoms. The van der Waals surface area contributed by atoms with Crippen LogP contribution >= 0.6 is 0 Å². The normalized spacial score (nSPS) is 13.6. The summed E-state index contributed by atoms with van der Waals surface area (Å²) < 4.78 is 0. The number of aromatic hydroxyl groups is 1. The van der Waals surface area contributed by atoms with Crippen molar-refractivity contribution in [3.63, 3.8) is 0 Å². The van der Waals surface area contributed by atoms with Crippen LogP contribution < -0.4 is 21.7 Å².